The van der Waals surface area contributed by atoms with Crippen molar-refractivity contribution in [3.63, 3.8) is 0 Å². The summed E-state index contributed by atoms with van der Waals surface area (Å²) in [5.74, 6) is 0.284. The van der Waals surface area contributed by atoms with E-state index in [-0.39, 0.29) is 30.0 Å². The first-order valence-electron chi connectivity index (χ1n) is 10.3. The number of carbonyl (C=O) groups is 1. The Balaban J connectivity index is 1.58. The lowest BCUT2D eigenvalue weighted by molar-refractivity contribution is -0.119. The van der Waals surface area contributed by atoms with Crippen LogP contribution in [0.1, 0.15) is 18.4 Å². The van der Waals surface area contributed by atoms with Gasteiger partial charge >= 0.3 is 0 Å². The van der Waals surface area contributed by atoms with E-state index >= 15 is 0 Å². The molecule has 0 radical (unpaired) electrons. The fraction of sp³-hybridized carbons (Fsp3) is 0.409. The van der Waals surface area contributed by atoms with Crippen molar-refractivity contribution < 1.29 is 22.7 Å². The fourth-order valence-corrected chi connectivity index (χ4v) is 4.54. The Kier molecular flexibility index (Phi) is 8.36. The van der Waals surface area contributed by atoms with Gasteiger partial charge in [0.05, 0.1) is 23.2 Å². The first-order chi connectivity index (χ1) is 15.3. The largest absolute Gasteiger partial charge is 0.489 e. The molecular weight excluding hydrogens is 454 g/mol. The van der Waals surface area contributed by atoms with Crippen molar-refractivity contribution in [2.45, 2.75) is 30.4 Å². The van der Waals surface area contributed by atoms with Crippen molar-refractivity contribution in [2.75, 3.05) is 39.2 Å². The maximum Gasteiger partial charge on any atom is 0.242 e. The molecule has 174 valence electrons. The lowest BCUT2D eigenvalue weighted by Crippen LogP contribution is -2.31. The highest BCUT2D eigenvalue weighted by molar-refractivity contribution is 7.89. The Morgan fingerprint density at radius 2 is 2.03 bits per heavy atom. The molecule has 0 aromatic heterocycles. The number of hydrogen-bond acceptors (Lipinski definition) is 6. The molecule has 8 nitrogen and oxygen atoms in total. The van der Waals surface area contributed by atoms with Crippen LogP contribution in [0.4, 0.5) is 5.69 Å². The Morgan fingerprint density at radius 1 is 1.25 bits per heavy atom. The summed E-state index contributed by atoms with van der Waals surface area (Å²) in [7, 11) is -0.669. The summed E-state index contributed by atoms with van der Waals surface area (Å²) in [6.45, 7) is 1.24. The van der Waals surface area contributed by atoms with Crippen molar-refractivity contribution in [3.8, 4) is 5.75 Å². The van der Waals surface area contributed by atoms with Crippen LogP contribution < -0.4 is 15.4 Å². The molecule has 2 aromatic carbocycles. The van der Waals surface area contributed by atoms with Gasteiger partial charge < -0.3 is 20.1 Å². The van der Waals surface area contributed by atoms with Crippen LogP contribution in [0.25, 0.3) is 0 Å². The number of anilines is 1. The number of amides is 1. The summed E-state index contributed by atoms with van der Waals surface area (Å²) < 4.78 is 37.6. The molecule has 2 N–H and O–H groups in total. The van der Waals surface area contributed by atoms with Gasteiger partial charge in [-0.3, -0.25) is 4.79 Å². The lowest BCUT2D eigenvalue weighted by Gasteiger charge is -2.17. The van der Waals surface area contributed by atoms with Gasteiger partial charge in [-0.05, 0) is 42.7 Å². The van der Waals surface area contributed by atoms with E-state index in [2.05, 4.69) is 10.6 Å². The highest BCUT2D eigenvalue weighted by Gasteiger charge is 2.21. The number of ether oxygens (including phenoxy) is 2. The highest BCUT2D eigenvalue weighted by atomic mass is 35.5. The monoisotopic (exact) mass is 481 g/mol. The number of nitrogens with one attached hydrogen (secondary N) is 2. The minimum Gasteiger partial charge on any atom is -0.489 e. The molecule has 0 spiro atoms. The molecule has 1 saturated heterocycles. The quantitative estimate of drug-likeness (QED) is 0.541. The number of halogens is 1. The van der Waals surface area contributed by atoms with Crippen molar-refractivity contribution in [1.82, 2.24) is 9.62 Å². The molecule has 3 rings (SSSR count). The van der Waals surface area contributed by atoms with Gasteiger partial charge in [0.1, 0.15) is 12.4 Å². The Morgan fingerprint density at radius 3 is 2.75 bits per heavy atom. The summed E-state index contributed by atoms with van der Waals surface area (Å²) in [6.07, 6.45) is 2.06. The van der Waals surface area contributed by atoms with Gasteiger partial charge in [0.15, 0.2) is 0 Å². The topological polar surface area (TPSA) is 97.0 Å². The van der Waals surface area contributed by atoms with E-state index in [1.165, 1.54) is 20.2 Å². The average molecular weight is 482 g/mol. The van der Waals surface area contributed by atoms with E-state index in [9.17, 15) is 13.2 Å². The molecule has 1 amide bonds. The van der Waals surface area contributed by atoms with Gasteiger partial charge in [0, 0.05) is 32.3 Å². The highest BCUT2D eigenvalue weighted by Crippen LogP contribution is 2.28. The second kappa shape index (κ2) is 11.0. The third-order valence-corrected chi connectivity index (χ3v) is 7.19. The van der Waals surface area contributed by atoms with Crippen LogP contribution >= 0.6 is 11.6 Å². The summed E-state index contributed by atoms with van der Waals surface area (Å²) in [5, 5.41) is 6.31. The molecule has 0 saturated carbocycles. The van der Waals surface area contributed by atoms with Crippen LogP contribution in [0, 0.1) is 0 Å². The minimum absolute atomic E-state index is 0.0285. The van der Waals surface area contributed by atoms with Gasteiger partial charge in [0.25, 0.3) is 0 Å². The van der Waals surface area contributed by atoms with Crippen LogP contribution in [0.15, 0.2) is 47.4 Å². The van der Waals surface area contributed by atoms with Gasteiger partial charge in [-0.1, -0.05) is 29.8 Å². The number of rotatable bonds is 10. The van der Waals surface area contributed by atoms with Crippen molar-refractivity contribution in [3.05, 3.63) is 53.1 Å². The summed E-state index contributed by atoms with van der Waals surface area (Å²) in [5.41, 5.74) is 1.11. The summed E-state index contributed by atoms with van der Waals surface area (Å²) in [6, 6.07) is 11.8. The smallest absolute Gasteiger partial charge is 0.242 e. The van der Waals surface area contributed by atoms with E-state index in [0.29, 0.717) is 28.6 Å². The molecule has 1 unspecified atom stereocenters. The molecular formula is C22H28ClN3O5S. The molecule has 1 fully saturated rings. The first kappa shape index (κ1) is 24.3. The average Bonchev–Trinajstić information content (AvgIpc) is 3.29. The van der Waals surface area contributed by atoms with E-state index in [1.54, 1.807) is 36.4 Å². The zero-order valence-corrected chi connectivity index (χ0v) is 19.7. The Hall–Kier alpha value is -2.33. The van der Waals surface area contributed by atoms with E-state index in [4.69, 9.17) is 21.1 Å². The zero-order valence-electron chi connectivity index (χ0n) is 18.1. The maximum atomic E-state index is 12.5. The van der Waals surface area contributed by atoms with Crippen LogP contribution in [0.5, 0.6) is 5.75 Å². The molecule has 1 aliphatic heterocycles. The molecule has 10 heteroatoms. The van der Waals surface area contributed by atoms with Crippen LogP contribution in [-0.4, -0.2) is 58.6 Å². The van der Waals surface area contributed by atoms with E-state index in [1.807, 2.05) is 0 Å². The van der Waals surface area contributed by atoms with Gasteiger partial charge in [-0.2, -0.15) is 0 Å². The molecule has 0 bridgehead atoms. The molecule has 2 aromatic rings. The van der Waals surface area contributed by atoms with Crippen molar-refractivity contribution >= 4 is 33.2 Å². The zero-order chi connectivity index (χ0) is 23.1. The number of benzene rings is 2. The number of sulfonamides is 1. The van der Waals surface area contributed by atoms with Crippen LogP contribution in [0.2, 0.25) is 5.02 Å². The Bertz CT molecular complexity index is 1040. The first-order valence-corrected chi connectivity index (χ1v) is 12.1. The Labute approximate surface area is 193 Å². The van der Waals surface area contributed by atoms with Crippen LogP contribution in [-0.2, 0) is 26.1 Å². The normalized spacial score (nSPS) is 16.2. The fourth-order valence-electron chi connectivity index (χ4n) is 3.25. The lowest BCUT2D eigenvalue weighted by atomic mass is 10.2. The van der Waals surface area contributed by atoms with Gasteiger partial charge in [-0.15, -0.1) is 0 Å². The number of hydrogen-bond donors (Lipinski definition) is 2. The molecule has 1 heterocycles. The molecule has 1 atom stereocenters. The van der Waals surface area contributed by atoms with Crippen molar-refractivity contribution in [1.29, 1.82) is 0 Å². The van der Waals surface area contributed by atoms with Crippen LogP contribution in [0.3, 0.4) is 0 Å². The second-order valence-corrected chi connectivity index (χ2v) is 10.2. The van der Waals surface area contributed by atoms with Crippen molar-refractivity contribution in [2.24, 2.45) is 0 Å². The molecule has 0 aliphatic carbocycles. The maximum absolute atomic E-state index is 12.5. The van der Waals surface area contributed by atoms with E-state index in [0.717, 1.165) is 23.8 Å². The predicted molar refractivity (Wildman–Crippen MR) is 124 cm³/mol. The predicted octanol–water partition coefficient (Wildman–Crippen LogP) is 2.88. The minimum atomic E-state index is -3.61. The summed E-state index contributed by atoms with van der Waals surface area (Å²) in [4.78, 5) is 12.6. The summed E-state index contributed by atoms with van der Waals surface area (Å²) >= 11 is 6.10. The number of carbonyl (C=O) groups excluding carboxylic acids is 1. The number of nitrogens with zero attached hydrogens (tertiary/aromatic N) is 1. The SMILES string of the molecule is CN(C)S(=O)(=O)c1ccccc1CNC(=O)CNc1cc(Cl)ccc1OCC1CCCO1. The van der Waals surface area contributed by atoms with Gasteiger partial charge in [0.2, 0.25) is 15.9 Å². The third kappa shape index (κ3) is 6.35. The van der Waals surface area contributed by atoms with E-state index < -0.39 is 10.0 Å². The van der Waals surface area contributed by atoms with Gasteiger partial charge in [-0.25, -0.2) is 12.7 Å². The standard InChI is InChI=1S/C22H28ClN3O5S/c1-26(2)32(28,29)21-8-4-3-6-16(21)13-25-22(27)14-24-19-12-17(23)9-10-20(19)31-15-18-7-5-11-30-18/h3-4,6,8-10,12,18,24H,5,7,11,13-15H2,1-2H3,(H,25,27). The second-order valence-electron chi connectivity index (χ2n) is 7.61. The molecule has 32 heavy (non-hydrogen) atoms. The molecule has 1 aliphatic rings. The third-order valence-electron chi connectivity index (χ3n) is 5.04.